The maximum absolute atomic E-state index is 12.6. The van der Waals surface area contributed by atoms with E-state index in [2.05, 4.69) is 6.07 Å². The molecular formula is C18H22N2O2S. The first kappa shape index (κ1) is 15.1. The molecule has 0 spiro atoms. The molecule has 4 nitrogen and oxygen atoms in total. The second-order valence-corrected chi connectivity index (χ2v) is 7.54. The van der Waals surface area contributed by atoms with Crippen LogP contribution in [0.25, 0.3) is 10.2 Å². The fourth-order valence-corrected chi connectivity index (χ4v) is 4.80. The highest BCUT2D eigenvalue weighted by molar-refractivity contribution is 7.18. The van der Waals surface area contributed by atoms with Gasteiger partial charge in [-0.15, -0.1) is 11.3 Å². The smallest absolute Gasteiger partial charge is 0.249 e. The van der Waals surface area contributed by atoms with E-state index in [1.165, 1.54) is 17.5 Å². The highest BCUT2D eigenvalue weighted by Crippen LogP contribution is 2.36. The van der Waals surface area contributed by atoms with Gasteiger partial charge in [0.2, 0.25) is 5.91 Å². The van der Waals surface area contributed by atoms with Gasteiger partial charge in [-0.1, -0.05) is 25.0 Å². The van der Waals surface area contributed by atoms with Gasteiger partial charge in [0.1, 0.15) is 11.6 Å². The van der Waals surface area contributed by atoms with Crippen LogP contribution in [0.15, 0.2) is 24.3 Å². The Morgan fingerprint density at radius 2 is 2.04 bits per heavy atom. The van der Waals surface area contributed by atoms with Crippen LogP contribution in [0.1, 0.15) is 49.6 Å². The van der Waals surface area contributed by atoms with Crippen LogP contribution in [0.2, 0.25) is 0 Å². The molecule has 5 heteroatoms. The van der Waals surface area contributed by atoms with Crippen LogP contribution in [0.5, 0.6) is 0 Å². The lowest BCUT2D eigenvalue weighted by atomic mass is 10.2. The van der Waals surface area contributed by atoms with Crippen molar-refractivity contribution in [1.29, 1.82) is 0 Å². The molecule has 0 N–H and O–H groups in total. The first-order chi connectivity index (χ1) is 11.3. The monoisotopic (exact) mass is 330 g/mol. The Morgan fingerprint density at radius 3 is 2.87 bits per heavy atom. The number of para-hydroxylation sites is 1. The van der Waals surface area contributed by atoms with E-state index in [0.29, 0.717) is 6.10 Å². The molecule has 1 aromatic carbocycles. The Morgan fingerprint density at radius 1 is 1.22 bits per heavy atom. The Bertz CT molecular complexity index is 660. The number of carbonyl (C=O) groups is 1. The molecule has 1 atom stereocenters. The average Bonchev–Trinajstić information content (AvgIpc) is 3.31. The zero-order valence-electron chi connectivity index (χ0n) is 13.2. The Hall–Kier alpha value is -1.46. The van der Waals surface area contributed by atoms with E-state index < -0.39 is 0 Å². The molecule has 23 heavy (non-hydrogen) atoms. The average molecular weight is 330 g/mol. The highest BCUT2D eigenvalue weighted by Gasteiger charge is 2.32. The van der Waals surface area contributed by atoms with Crippen LogP contribution in [-0.4, -0.2) is 35.0 Å². The number of amides is 1. The number of thiazole rings is 1. The number of ether oxygens (including phenoxy) is 1. The van der Waals surface area contributed by atoms with E-state index in [0.717, 1.165) is 42.8 Å². The van der Waals surface area contributed by atoms with Crippen molar-refractivity contribution in [3.8, 4) is 0 Å². The molecule has 1 saturated carbocycles. The van der Waals surface area contributed by atoms with Gasteiger partial charge in [0.25, 0.3) is 0 Å². The number of nitrogens with zero attached hydrogens (tertiary/aromatic N) is 2. The first-order valence-electron chi connectivity index (χ1n) is 8.58. The largest absolute Gasteiger partial charge is 0.368 e. The van der Waals surface area contributed by atoms with Crippen molar-refractivity contribution in [3.63, 3.8) is 0 Å². The lowest BCUT2D eigenvalue weighted by molar-refractivity contribution is -0.139. The molecule has 2 aliphatic rings. The zero-order valence-corrected chi connectivity index (χ0v) is 14.1. The molecule has 0 radical (unpaired) electrons. The summed E-state index contributed by atoms with van der Waals surface area (Å²) in [6.07, 6.45) is 7.03. The van der Waals surface area contributed by atoms with Crippen LogP contribution in [0.3, 0.4) is 0 Å². The number of likely N-dealkylation sites (tertiary alicyclic amines) is 1. The summed E-state index contributed by atoms with van der Waals surface area (Å²) >= 11 is 1.71. The highest BCUT2D eigenvalue weighted by atomic mass is 32.1. The molecule has 1 unspecified atom stereocenters. The minimum absolute atomic E-state index is 0.124. The Labute approximate surface area is 140 Å². The predicted octanol–water partition coefficient (Wildman–Crippen LogP) is 3.92. The quantitative estimate of drug-likeness (QED) is 0.853. The third kappa shape index (κ3) is 3.12. The van der Waals surface area contributed by atoms with Crippen LogP contribution >= 0.6 is 11.3 Å². The topological polar surface area (TPSA) is 42.4 Å². The molecule has 2 aromatic rings. The fourth-order valence-electron chi connectivity index (χ4n) is 3.68. The van der Waals surface area contributed by atoms with Crippen LogP contribution in [0, 0.1) is 0 Å². The third-order valence-electron chi connectivity index (χ3n) is 4.91. The normalized spacial score (nSPS) is 22.3. The lowest BCUT2D eigenvalue weighted by Crippen LogP contribution is -2.34. The maximum Gasteiger partial charge on any atom is 0.249 e. The molecule has 0 bridgehead atoms. The van der Waals surface area contributed by atoms with Gasteiger partial charge in [-0.2, -0.15) is 0 Å². The Balaban J connectivity index is 1.46. The minimum Gasteiger partial charge on any atom is -0.368 e. The summed E-state index contributed by atoms with van der Waals surface area (Å²) < 4.78 is 7.01. The van der Waals surface area contributed by atoms with E-state index in [4.69, 9.17) is 9.72 Å². The molecule has 1 amide bonds. The van der Waals surface area contributed by atoms with Crippen LogP contribution in [0.4, 0.5) is 0 Å². The lowest BCUT2D eigenvalue weighted by Gasteiger charge is -2.23. The summed E-state index contributed by atoms with van der Waals surface area (Å²) in [6, 6.07) is 8.32. The molecular weight excluding hydrogens is 308 g/mol. The van der Waals surface area contributed by atoms with Crippen LogP contribution < -0.4 is 0 Å². The summed E-state index contributed by atoms with van der Waals surface area (Å²) in [7, 11) is 0. The van der Waals surface area contributed by atoms with Gasteiger partial charge in [0, 0.05) is 6.54 Å². The standard InChI is InChI=1S/C18H22N2O2S/c21-17(12-22-13-6-1-2-7-13)20-11-5-9-15(20)18-19-14-8-3-4-10-16(14)23-18/h3-4,8,10,13,15H,1-2,5-7,9,11-12H2. The molecule has 1 aliphatic heterocycles. The van der Waals surface area contributed by atoms with E-state index in [1.54, 1.807) is 11.3 Å². The van der Waals surface area contributed by atoms with Crippen molar-refractivity contribution in [1.82, 2.24) is 9.88 Å². The number of rotatable bonds is 4. The van der Waals surface area contributed by atoms with E-state index in [9.17, 15) is 4.79 Å². The summed E-state index contributed by atoms with van der Waals surface area (Å²) in [5.74, 6) is 0.124. The number of carbonyl (C=O) groups excluding carboxylic acids is 1. The summed E-state index contributed by atoms with van der Waals surface area (Å²) in [5, 5.41) is 1.07. The summed E-state index contributed by atoms with van der Waals surface area (Å²) in [6.45, 7) is 1.06. The minimum atomic E-state index is 0.124. The van der Waals surface area contributed by atoms with Crippen LogP contribution in [-0.2, 0) is 9.53 Å². The van der Waals surface area contributed by atoms with Crippen molar-refractivity contribution >= 4 is 27.5 Å². The first-order valence-corrected chi connectivity index (χ1v) is 9.39. The van der Waals surface area contributed by atoms with E-state index in [-0.39, 0.29) is 18.6 Å². The van der Waals surface area contributed by atoms with Crippen molar-refractivity contribution in [2.75, 3.05) is 13.2 Å². The molecule has 1 saturated heterocycles. The summed E-state index contributed by atoms with van der Waals surface area (Å²) in [5.41, 5.74) is 1.04. The number of hydrogen-bond donors (Lipinski definition) is 0. The van der Waals surface area contributed by atoms with Crippen molar-refractivity contribution in [3.05, 3.63) is 29.3 Å². The van der Waals surface area contributed by atoms with Gasteiger partial charge < -0.3 is 9.64 Å². The van der Waals surface area contributed by atoms with Crippen molar-refractivity contribution in [2.45, 2.75) is 50.7 Å². The van der Waals surface area contributed by atoms with E-state index >= 15 is 0 Å². The third-order valence-corrected chi connectivity index (χ3v) is 6.05. The predicted molar refractivity (Wildman–Crippen MR) is 91.5 cm³/mol. The number of aromatic nitrogens is 1. The van der Waals surface area contributed by atoms with Gasteiger partial charge in [-0.25, -0.2) is 4.98 Å². The second kappa shape index (κ2) is 6.57. The maximum atomic E-state index is 12.6. The van der Waals surface area contributed by atoms with Crippen molar-refractivity contribution in [2.24, 2.45) is 0 Å². The zero-order chi connectivity index (χ0) is 15.6. The fraction of sp³-hybridized carbons (Fsp3) is 0.556. The Kier molecular flexibility index (Phi) is 4.31. The van der Waals surface area contributed by atoms with Crippen molar-refractivity contribution < 1.29 is 9.53 Å². The van der Waals surface area contributed by atoms with Gasteiger partial charge >= 0.3 is 0 Å². The molecule has 1 aliphatic carbocycles. The van der Waals surface area contributed by atoms with Gasteiger partial charge in [-0.3, -0.25) is 4.79 Å². The summed E-state index contributed by atoms with van der Waals surface area (Å²) in [4.78, 5) is 19.3. The van der Waals surface area contributed by atoms with Gasteiger partial charge in [0.15, 0.2) is 0 Å². The molecule has 2 fully saturated rings. The number of fused-ring (bicyclic) bond motifs is 1. The number of benzene rings is 1. The van der Waals surface area contributed by atoms with E-state index in [1.807, 2.05) is 23.1 Å². The molecule has 122 valence electrons. The number of hydrogen-bond acceptors (Lipinski definition) is 4. The van der Waals surface area contributed by atoms with Gasteiger partial charge in [0.05, 0.1) is 22.4 Å². The molecule has 1 aromatic heterocycles. The molecule has 2 heterocycles. The second-order valence-electron chi connectivity index (χ2n) is 6.48. The van der Waals surface area contributed by atoms with Gasteiger partial charge in [-0.05, 0) is 37.8 Å². The molecule has 4 rings (SSSR count). The SMILES string of the molecule is O=C(COC1CCCC1)N1CCCC1c1nc2ccccc2s1.